The van der Waals surface area contributed by atoms with Gasteiger partial charge in [-0.15, -0.1) is 0 Å². The SMILES string of the molecule is CC(C)(C)OC[C@@H](CCC(N)Cc1ccccc1)Oc1ccc(Cl)cc1Cl. The Bertz CT molecular complexity index is 701. The molecule has 0 aliphatic carbocycles. The van der Waals surface area contributed by atoms with Gasteiger partial charge in [0, 0.05) is 11.1 Å². The van der Waals surface area contributed by atoms with Gasteiger partial charge in [-0.25, -0.2) is 0 Å². The second-order valence-electron chi connectivity index (χ2n) is 7.77. The van der Waals surface area contributed by atoms with Crippen LogP contribution in [0.5, 0.6) is 5.75 Å². The Morgan fingerprint density at radius 2 is 1.70 bits per heavy atom. The smallest absolute Gasteiger partial charge is 0.138 e. The third kappa shape index (κ3) is 8.52. The second kappa shape index (κ2) is 10.3. The first-order valence-corrected chi connectivity index (χ1v) is 10.0. The number of benzene rings is 2. The maximum Gasteiger partial charge on any atom is 0.138 e. The number of ether oxygens (including phenoxy) is 2. The van der Waals surface area contributed by atoms with Crippen LogP contribution in [0.1, 0.15) is 39.2 Å². The van der Waals surface area contributed by atoms with E-state index < -0.39 is 0 Å². The first kappa shape index (κ1) is 22.0. The summed E-state index contributed by atoms with van der Waals surface area (Å²) in [6, 6.07) is 15.6. The summed E-state index contributed by atoms with van der Waals surface area (Å²) in [4.78, 5) is 0. The Kier molecular flexibility index (Phi) is 8.43. The van der Waals surface area contributed by atoms with Crippen LogP contribution in [0.3, 0.4) is 0 Å². The van der Waals surface area contributed by atoms with E-state index in [1.54, 1.807) is 18.2 Å². The lowest BCUT2D eigenvalue weighted by Crippen LogP contribution is -2.32. The molecule has 0 saturated carbocycles. The highest BCUT2D eigenvalue weighted by Crippen LogP contribution is 2.29. The fourth-order valence-corrected chi connectivity index (χ4v) is 3.14. The number of rotatable bonds is 9. The Balaban J connectivity index is 1.96. The van der Waals surface area contributed by atoms with Gasteiger partial charge in [-0.3, -0.25) is 0 Å². The minimum Gasteiger partial charge on any atom is -0.486 e. The highest BCUT2D eigenvalue weighted by Gasteiger charge is 2.19. The lowest BCUT2D eigenvalue weighted by atomic mass is 10.0. The first-order chi connectivity index (χ1) is 12.7. The largest absolute Gasteiger partial charge is 0.486 e. The van der Waals surface area contributed by atoms with Gasteiger partial charge in [0.15, 0.2) is 0 Å². The molecule has 148 valence electrons. The first-order valence-electron chi connectivity index (χ1n) is 9.28. The summed E-state index contributed by atoms with van der Waals surface area (Å²) in [6.45, 7) is 6.56. The van der Waals surface area contributed by atoms with Gasteiger partial charge in [0.05, 0.1) is 17.2 Å². The van der Waals surface area contributed by atoms with E-state index in [9.17, 15) is 0 Å². The Hall–Kier alpha value is -1.26. The molecule has 0 fully saturated rings. The van der Waals surface area contributed by atoms with E-state index in [1.165, 1.54) is 5.56 Å². The molecule has 0 spiro atoms. The van der Waals surface area contributed by atoms with E-state index in [2.05, 4.69) is 12.1 Å². The molecular weight excluding hydrogens is 381 g/mol. The normalized spacial score (nSPS) is 14.0. The summed E-state index contributed by atoms with van der Waals surface area (Å²) < 4.78 is 12.1. The third-order valence-corrected chi connectivity index (χ3v) is 4.62. The summed E-state index contributed by atoms with van der Waals surface area (Å²) in [5, 5.41) is 1.08. The van der Waals surface area contributed by atoms with Crippen LogP contribution in [0.25, 0.3) is 0 Å². The molecule has 0 aliphatic rings. The standard InChI is InChI=1S/C22H29Cl2NO2/c1-22(2,3)26-15-19(27-21-12-9-17(23)14-20(21)24)11-10-18(25)13-16-7-5-4-6-8-16/h4-9,12,14,18-19H,10-11,13,15,25H2,1-3H3/t18?,19-/m1/s1. The van der Waals surface area contributed by atoms with Crippen molar-refractivity contribution in [3.63, 3.8) is 0 Å². The highest BCUT2D eigenvalue weighted by atomic mass is 35.5. The Labute approximate surface area is 172 Å². The zero-order chi connectivity index (χ0) is 19.9. The topological polar surface area (TPSA) is 44.5 Å². The molecule has 0 heterocycles. The minimum absolute atomic E-state index is 0.0637. The van der Waals surface area contributed by atoms with Crippen molar-refractivity contribution in [2.45, 2.75) is 57.8 Å². The van der Waals surface area contributed by atoms with Gasteiger partial charge in [-0.2, -0.15) is 0 Å². The fourth-order valence-electron chi connectivity index (χ4n) is 2.69. The molecule has 0 bridgehead atoms. The molecule has 2 aromatic rings. The lowest BCUT2D eigenvalue weighted by Gasteiger charge is -2.26. The Morgan fingerprint density at radius 1 is 1.00 bits per heavy atom. The van der Waals surface area contributed by atoms with E-state index in [4.69, 9.17) is 38.4 Å². The van der Waals surface area contributed by atoms with Gasteiger partial charge in [-0.1, -0.05) is 53.5 Å². The molecule has 2 aromatic carbocycles. The van der Waals surface area contributed by atoms with E-state index in [0.29, 0.717) is 22.4 Å². The van der Waals surface area contributed by atoms with Crippen molar-refractivity contribution < 1.29 is 9.47 Å². The summed E-state index contributed by atoms with van der Waals surface area (Å²) in [7, 11) is 0. The molecule has 0 radical (unpaired) electrons. The van der Waals surface area contributed by atoms with E-state index >= 15 is 0 Å². The molecule has 0 aromatic heterocycles. The Morgan fingerprint density at radius 3 is 2.33 bits per heavy atom. The van der Waals surface area contributed by atoms with Gasteiger partial charge < -0.3 is 15.2 Å². The van der Waals surface area contributed by atoms with Crippen LogP contribution < -0.4 is 10.5 Å². The van der Waals surface area contributed by atoms with Gasteiger partial charge in [0.25, 0.3) is 0 Å². The number of nitrogens with two attached hydrogens (primary N) is 1. The van der Waals surface area contributed by atoms with E-state index in [-0.39, 0.29) is 17.7 Å². The number of hydrogen-bond donors (Lipinski definition) is 1. The summed E-state index contributed by atoms with van der Waals surface area (Å²) in [5.41, 5.74) is 7.35. The molecule has 0 amide bonds. The lowest BCUT2D eigenvalue weighted by molar-refractivity contribution is -0.0441. The average molecular weight is 410 g/mol. The van der Waals surface area contributed by atoms with Crippen LogP contribution in [0.2, 0.25) is 10.0 Å². The van der Waals surface area contributed by atoms with Crippen LogP contribution >= 0.6 is 23.2 Å². The fraction of sp³-hybridized carbons (Fsp3) is 0.455. The molecule has 2 rings (SSSR count). The zero-order valence-electron chi connectivity index (χ0n) is 16.3. The van der Waals surface area contributed by atoms with Crippen molar-refractivity contribution in [1.82, 2.24) is 0 Å². The van der Waals surface area contributed by atoms with Crippen LogP contribution in [-0.4, -0.2) is 24.4 Å². The molecule has 3 nitrogen and oxygen atoms in total. The van der Waals surface area contributed by atoms with Crippen molar-refractivity contribution >= 4 is 23.2 Å². The van der Waals surface area contributed by atoms with Crippen molar-refractivity contribution in [3.8, 4) is 5.75 Å². The molecule has 0 aliphatic heterocycles. The molecular formula is C22H29Cl2NO2. The van der Waals surface area contributed by atoms with E-state index in [1.807, 2.05) is 39.0 Å². The second-order valence-corrected chi connectivity index (χ2v) is 8.61. The maximum atomic E-state index is 6.34. The van der Waals surface area contributed by atoms with Crippen LogP contribution in [0.4, 0.5) is 0 Å². The van der Waals surface area contributed by atoms with E-state index in [0.717, 1.165) is 19.3 Å². The summed E-state index contributed by atoms with van der Waals surface area (Å²) in [6.07, 6.45) is 2.32. The average Bonchev–Trinajstić information content (AvgIpc) is 2.59. The van der Waals surface area contributed by atoms with Crippen molar-refractivity contribution in [2.24, 2.45) is 5.73 Å². The molecule has 2 N–H and O–H groups in total. The third-order valence-electron chi connectivity index (χ3n) is 4.09. The molecule has 0 saturated heterocycles. The predicted molar refractivity (Wildman–Crippen MR) is 114 cm³/mol. The van der Waals surface area contributed by atoms with Crippen molar-refractivity contribution in [3.05, 3.63) is 64.1 Å². The van der Waals surface area contributed by atoms with Crippen molar-refractivity contribution in [2.75, 3.05) is 6.61 Å². The van der Waals surface area contributed by atoms with Crippen LogP contribution in [-0.2, 0) is 11.2 Å². The molecule has 5 heteroatoms. The summed E-state index contributed by atoms with van der Waals surface area (Å²) in [5.74, 6) is 0.611. The minimum atomic E-state index is -0.239. The predicted octanol–water partition coefficient (Wildman–Crippen LogP) is 5.91. The quantitative estimate of drug-likeness (QED) is 0.559. The maximum absolute atomic E-state index is 6.34. The molecule has 1 unspecified atom stereocenters. The van der Waals surface area contributed by atoms with Crippen LogP contribution in [0.15, 0.2) is 48.5 Å². The molecule has 2 atom stereocenters. The number of halogens is 2. The molecule has 27 heavy (non-hydrogen) atoms. The van der Waals surface area contributed by atoms with Crippen molar-refractivity contribution in [1.29, 1.82) is 0 Å². The van der Waals surface area contributed by atoms with Crippen LogP contribution in [0, 0.1) is 0 Å². The van der Waals surface area contributed by atoms with Gasteiger partial charge in [-0.05, 0) is 63.8 Å². The van der Waals surface area contributed by atoms with Gasteiger partial charge in [0.1, 0.15) is 11.9 Å². The monoisotopic (exact) mass is 409 g/mol. The van der Waals surface area contributed by atoms with Gasteiger partial charge in [0.2, 0.25) is 0 Å². The summed E-state index contributed by atoms with van der Waals surface area (Å²) >= 11 is 12.2. The highest BCUT2D eigenvalue weighted by molar-refractivity contribution is 6.35. The zero-order valence-corrected chi connectivity index (χ0v) is 17.8. The number of hydrogen-bond acceptors (Lipinski definition) is 3. The van der Waals surface area contributed by atoms with Gasteiger partial charge >= 0.3 is 0 Å².